The van der Waals surface area contributed by atoms with E-state index in [1.165, 1.54) is 0 Å². The highest BCUT2D eigenvalue weighted by Crippen LogP contribution is 2.29. The summed E-state index contributed by atoms with van der Waals surface area (Å²) in [6.07, 6.45) is 2.18. The van der Waals surface area contributed by atoms with E-state index in [0.717, 1.165) is 31.6 Å². The number of halogens is 1. The number of nitrogens with one attached hydrogen (secondary N) is 2. The number of benzene rings is 1. The highest BCUT2D eigenvalue weighted by molar-refractivity contribution is 14.0. The summed E-state index contributed by atoms with van der Waals surface area (Å²) in [5.74, 6) is 1.91. The molecule has 1 aliphatic heterocycles. The monoisotopic (exact) mass is 448 g/mol. The topological polar surface area (TPSA) is 75.2 Å². The number of carbonyl (C=O) groups is 1. The van der Waals surface area contributed by atoms with E-state index in [0.29, 0.717) is 17.5 Å². The zero-order valence-electron chi connectivity index (χ0n) is 14.3. The molecule has 0 bridgehead atoms. The van der Waals surface area contributed by atoms with Gasteiger partial charge in [0.1, 0.15) is 0 Å². The van der Waals surface area contributed by atoms with Crippen molar-refractivity contribution >= 4 is 41.5 Å². The molecule has 7 nitrogen and oxygen atoms in total. The fourth-order valence-corrected chi connectivity index (χ4v) is 2.47. The van der Waals surface area contributed by atoms with Gasteiger partial charge in [-0.05, 0) is 25.0 Å². The summed E-state index contributed by atoms with van der Waals surface area (Å²) >= 11 is 0. The molecule has 2 rings (SSSR count). The van der Waals surface area contributed by atoms with Crippen LogP contribution in [0.25, 0.3) is 0 Å². The van der Waals surface area contributed by atoms with E-state index >= 15 is 0 Å². The number of amides is 1. The van der Waals surface area contributed by atoms with Crippen LogP contribution in [0.15, 0.2) is 23.2 Å². The molecule has 1 saturated heterocycles. The summed E-state index contributed by atoms with van der Waals surface area (Å²) in [5, 5.41) is 6.17. The van der Waals surface area contributed by atoms with E-state index in [1.807, 2.05) is 23.1 Å². The Morgan fingerprint density at radius 3 is 2.46 bits per heavy atom. The van der Waals surface area contributed by atoms with Crippen molar-refractivity contribution in [2.75, 3.05) is 46.2 Å². The smallest absolute Gasteiger partial charge is 0.241 e. The van der Waals surface area contributed by atoms with Crippen molar-refractivity contribution in [1.29, 1.82) is 0 Å². The molecule has 8 heteroatoms. The highest BCUT2D eigenvalue weighted by atomic mass is 127. The molecular formula is C16H25IN4O3. The standard InChI is InChI=1S/C16H24N4O3.HI/c1-17-16(18-11-15(21)20-8-4-5-9-20)19-12-6-7-13(22-2)14(10-12)23-3;/h6-7,10H,4-5,8-9,11H2,1-3H3,(H2,17,18,19);1H. The number of nitrogens with zero attached hydrogens (tertiary/aromatic N) is 2. The lowest BCUT2D eigenvalue weighted by molar-refractivity contribution is -0.128. The van der Waals surface area contributed by atoms with Gasteiger partial charge < -0.3 is 25.0 Å². The molecule has 0 saturated carbocycles. The van der Waals surface area contributed by atoms with Crippen molar-refractivity contribution < 1.29 is 14.3 Å². The Balaban J connectivity index is 0.00000288. The van der Waals surface area contributed by atoms with Gasteiger partial charge in [0.25, 0.3) is 0 Å². The second kappa shape index (κ2) is 10.2. The molecule has 0 spiro atoms. The minimum absolute atomic E-state index is 0. The summed E-state index contributed by atoms with van der Waals surface area (Å²) in [4.78, 5) is 18.0. The Morgan fingerprint density at radius 1 is 1.21 bits per heavy atom. The predicted molar refractivity (Wildman–Crippen MR) is 106 cm³/mol. The molecular weight excluding hydrogens is 423 g/mol. The van der Waals surface area contributed by atoms with Crippen LogP contribution in [0.1, 0.15) is 12.8 Å². The van der Waals surface area contributed by atoms with Gasteiger partial charge in [-0.1, -0.05) is 0 Å². The third kappa shape index (κ3) is 5.43. The molecule has 0 aliphatic carbocycles. The number of anilines is 1. The lowest BCUT2D eigenvalue weighted by atomic mass is 10.3. The first-order valence-corrected chi connectivity index (χ1v) is 7.65. The van der Waals surface area contributed by atoms with Crippen LogP contribution in [0.4, 0.5) is 5.69 Å². The van der Waals surface area contributed by atoms with Crippen molar-refractivity contribution in [1.82, 2.24) is 10.2 Å². The normalized spacial score (nSPS) is 14.0. The summed E-state index contributed by atoms with van der Waals surface area (Å²) < 4.78 is 10.5. The first kappa shape index (κ1) is 20.3. The second-order valence-electron chi connectivity index (χ2n) is 5.21. The third-order valence-electron chi connectivity index (χ3n) is 3.74. The molecule has 0 radical (unpaired) electrons. The Hall–Kier alpha value is -1.71. The van der Waals surface area contributed by atoms with E-state index in [1.54, 1.807) is 21.3 Å². The number of likely N-dealkylation sites (tertiary alicyclic amines) is 1. The fourth-order valence-electron chi connectivity index (χ4n) is 2.47. The number of hydrogen-bond donors (Lipinski definition) is 2. The minimum Gasteiger partial charge on any atom is -0.493 e. The predicted octanol–water partition coefficient (Wildman–Crippen LogP) is 1.93. The van der Waals surface area contributed by atoms with Crippen LogP contribution >= 0.6 is 24.0 Å². The first-order valence-electron chi connectivity index (χ1n) is 7.65. The van der Waals surface area contributed by atoms with Crippen LogP contribution in [0, 0.1) is 0 Å². The molecule has 0 unspecified atom stereocenters. The average Bonchev–Trinajstić information content (AvgIpc) is 3.12. The number of aliphatic imine (C=N–C) groups is 1. The van der Waals surface area contributed by atoms with E-state index in [9.17, 15) is 4.79 Å². The Bertz CT molecular complexity index is 574. The zero-order chi connectivity index (χ0) is 16.7. The molecule has 2 N–H and O–H groups in total. The maximum Gasteiger partial charge on any atom is 0.241 e. The van der Waals surface area contributed by atoms with Gasteiger partial charge in [0.05, 0.1) is 20.8 Å². The van der Waals surface area contributed by atoms with E-state index < -0.39 is 0 Å². The Labute approximate surface area is 159 Å². The lowest BCUT2D eigenvalue weighted by Gasteiger charge is -2.17. The van der Waals surface area contributed by atoms with Crippen LogP contribution < -0.4 is 20.1 Å². The van der Waals surface area contributed by atoms with E-state index in [4.69, 9.17) is 9.47 Å². The van der Waals surface area contributed by atoms with Gasteiger partial charge in [-0.15, -0.1) is 24.0 Å². The van der Waals surface area contributed by atoms with Gasteiger partial charge in [0.2, 0.25) is 5.91 Å². The number of methoxy groups -OCH3 is 2. The van der Waals surface area contributed by atoms with Gasteiger partial charge in [-0.25, -0.2) is 0 Å². The van der Waals surface area contributed by atoms with Crippen LogP contribution in [0.2, 0.25) is 0 Å². The molecule has 1 aliphatic rings. The summed E-state index contributed by atoms with van der Waals surface area (Å²) in [6, 6.07) is 5.48. The maximum absolute atomic E-state index is 12.0. The van der Waals surface area contributed by atoms with Crippen LogP contribution in [0.5, 0.6) is 11.5 Å². The van der Waals surface area contributed by atoms with E-state index in [2.05, 4.69) is 15.6 Å². The molecule has 1 aromatic carbocycles. The van der Waals surface area contributed by atoms with Crippen LogP contribution in [-0.4, -0.2) is 57.7 Å². The number of hydrogen-bond acceptors (Lipinski definition) is 4. The third-order valence-corrected chi connectivity index (χ3v) is 3.74. The largest absolute Gasteiger partial charge is 0.493 e. The SMILES string of the molecule is CN=C(NCC(=O)N1CCCC1)Nc1ccc(OC)c(OC)c1.I. The summed E-state index contributed by atoms with van der Waals surface area (Å²) in [5.41, 5.74) is 0.796. The van der Waals surface area contributed by atoms with E-state index in [-0.39, 0.29) is 36.4 Å². The Kier molecular flexibility index (Phi) is 8.66. The lowest BCUT2D eigenvalue weighted by Crippen LogP contribution is -2.41. The molecule has 24 heavy (non-hydrogen) atoms. The van der Waals surface area contributed by atoms with Gasteiger partial charge >= 0.3 is 0 Å². The number of rotatable bonds is 5. The Morgan fingerprint density at radius 2 is 1.88 bits per heavy atom. The summed E-state index contributed by atoms with van der Waals surface area (Å²) in [6.45, 7) is 1.93. The molecule has 1 amide bonds. The van der Waals surface area contributed by atoms with Gasteiger partial charge in [0, 0.05) is 31.9 Å². The van der Waals surface area contributed by atoms with Crippen molar-refractivity contribution in [3.63, 3.8) is 0 Å². The quantitative estimate of drug-likeness (QED) is 0.409. The van der Waals surface area contributed by atoms with Crippen molar-refractivity contribution in [3.05, 3.63) is 18.2 Å². The van der Waals surface area contributed by atoms with Gasteiger partial charge in [-0.3, -0.25) is 9.79 Å². The molecule has 134 valence electrons. The molecule has 1 heterocycles. The first-order chi connectivity index (χ1) is 11.2. The van der Waals surface area contributed by atoms with Gasteiger partial charge in [0.15, 0.2) is 17.5 Å². The fraction of sp³-hybridized carbons (Fsp3) is 0.500. The molecule has 0 atom stereocenters. The number of guanidine groups is 1. The number of carbonyl (C=O) groups excluding carboxylic acids is 1. The van der Waals surface area contributed by atoms with Crippen molar-refractivity contribution in [2.45, 2.75) is 12.8 Å². The maximum atomic E-state index is 12.0. The highest BCUT2D eigenvalue weighted by Gasteiger charge is 2.17. The molecule has 0 aromatic heterocycles. The minimum atomic E-state index is 0. The van der Waals surface area contributed by atoms with Crippen molar-refractivity contribution in [3.8, 4) is 11.5 Å². The average molecular weight is 448 g/mol. The molecule has 1 fully saturated rings. The van der Waals surface area contributed by atoms with Gasteiger partial charge in [-0.2, -0.15) is 0 Å². The summed E-state index contributed by atoms with van der Waals surface area (Å²) in [7, 11) is 4.84. The van der Waals surface area contributed by atoms with Crippen LogP contribution in [-0.2, 0) is 4.79 Å². The molecule has 1 aromatic rings. The van der Waals surface area contributed by atoms with Crippen molar-refractivity contribution in [2.24, 2.45) is 4.99 Å². The zero-order valence-corrected chi connectivity index (χ0v) is 16.6. The number of ether oxygens (including phenoxy) is 2. The second-order valence-corrected chi connectivity index (χ2v) is 5.21. The van der Waals surface area contributed by atoms with Crippen LogP contribution in [0.3, 0.4) is 0 Å².